The number of rotatable bonds is 3. The van der Waals surface area contributed by atoms with E-state index in [0.29, 0.717) is 34.4 Å². The predicted octanol–water partition coefficient (Wildman–Crippen LogP) is 3.72. The average Bonchev–Trinajstić information content (AvgIpc) is 3.30. The number of ether oxygens (including phenoxy) is 1. The molecule has 5 rings (SSSR count). The highest BCUT2D eigenvalue weighted by molar-refractivity contribution is 6.33. The second-order valence-electron chi connectivity index (χ2n) is 7.91. The van der Waals surface area contributed by atoms with Gasteiger partial charge in [0.15, 0.2) is 5.65 Å². The molecule has 0 atom stereocenters. The number of anilines is 2. The lowest BCUT2D eigenvalue weighted by Gasteiger charge is -2.25. The largest absolute Gasteiger partial charge is 0.493 e. The van der Waals surface area contributed by atoms with Crippen LogP contribution in [0.2, 0.25) is 5.02 Å². The van der Waals surface area contributed by atoms with Gasteiger partial charge in [0.1, 0.15) is 11.3 Å². The van der Waals surface area contributed by atoms with E-state index in [1.165, 1.54) is 0 Å². The van der Waals surface area contributed by atoms with Crippen molar-refractivity contribution in [2.24, 2.45) is 13.0 Å². The Balaban J connectivity index is 1.51. The van der Waals surface area contributed by atoms with Gasteiger partial charge in [-0.25, -0.2) is 9.78 Å². The van der Waals surface area contributed by atoms with Crippen LogP contribution in [-0.2, 0) is 13.5 Å². The third-order valence-corrected chi connectivity index (χ3v) is 6.42. The summed E-state index contributed by atoms with van der Waals surface area (Å²) in [6.45, 7) is 0.655. The summed E-state index contributed by atoms with van der Waals surface area (Å²) in [5.41, 5.74) is 2.97. The monoisotopic (exact) mass is 424 g/mol. The Hall–Kier alpha value is -3.05. The lowest BCUT2D eigenvalue weighted by Crippen LogP contribution is -2.28. The molecule has 0 saturated heterocycles. The molecule has 0 unspecified atom stereocenters. The molecule has 1 N–H and O–H groups in total. The molecule has 1 saturated carbocycles. The lowest BCUT2D eigenvalue weighted by atomic mass is 9.87. The van der Waals surface area contributed by atoms with Crippen LogP contribution in [-0.4, -0.2) is 25.7 Å². The summed E-state index contributed by atoms with van der Waals surface area (Å²) < 4.78 is 8.89. The van der Waals surface area contributed by atoms with E-state index in [-0.39, 0.29) is 17.6 Å². The quantitative estimate of drug-likeness (QED) is 0.688. The minimum Gasteiger partial charge on any atom is -0.493 e. The summed E-state index contributed by atoms with van der Waals surface area (Å²) in [6.07, 6.45) is 5.68. The second kappa shape index (κ2) is 7.33. The van der Waals surface area contributed by atoms with Crippen molar-refractivity contribution in [3.8, 4) is 11.8 Å². The summed E-state index contributed by atoms with van der Waals surface area (Å²) in [4.78, 5) is 22.0. The number of hydrogen-bond donors (Lipinski definition) is 1. The first kappa shape index (κ1) is 18.9. The summed E-state index contributed by atoms with van der Waals surface area (Å²) in [7, 11) is 1.73. The Morgan fingerprint density at radius 2 is 2.10 bits per heavy atom. The molecular weight excluding hydrogens is 404 g/mol. The Bertz CT molecular complexity index is 1230. The molecule has 0 amide bonds. The Kier molecular flexibility index (Phi) is 4.63. The number of nitrogens with one attached hydrogen (secondary N) is 1. The van der Waals surface area contributed by atoms with Crippen LogP contribution < -0.4 is 15.7 Å². The van der Waals surface area contributed by atoms with Crippen molar-refractivity contribution in [1.29, 1.82) is 5.26 Å². The van der Waals surface area contributed by atoms with Gasteiger partial charge in [0.05, 0.1) is 29.6 Å². The van der Waals surface area contributed by atoms with Crippen molar-refractivity contribution in [2.75, 3.05) is 11.9 Å². The molecule has 1 fully saturated rings. The van der Waals surface area contributed by atoms with Gasteiger partial charge in [-0.2, -0.15) is 10.2 Å². The van der Waals surface area contributed by atoms with Gasteiger partial charge in [-0.1, -0.05) is 11.6 Å². The molecule has 9 heteroatoms. The van der Waals surface area contributed by atoms with E-state index in [1.54, 1.807) is 28.4 Å². The van der Waals surface area contributed by atoms with E-state index in [0.717, 1.165) is 43.4 Å². The molecule has 2 aliphatic rings. The van der Waals surface area contributed by atoms with Crippen molar-refractivity contribution < 1.29 is 4.74 Å². The van der Waals surface area contributed by atoms with Crippen LogP contribution in [0, 0.1) is 17.2 Å². The molecule has 154 valence electrons. The van der Waals surface area contributed by atoms with Crippen LogP contribution in [0.5, 0.6) is 5.75 Å². The van der Waals surface area contributed by atoms with E-state index in [4.69, 9.17) is 21.6 Å². The molecule has 0 spiro atoms. The van der Waals surface area contributed by atoms with E-state index >= 15 is 0 Å². The Morgan fingerprint density at radius 3 is 2.87 bits per heavy atom. The van der Waals surface area contributed by atoms with Gasteiger partial charge in [-0.15, -0.1) is 0 Å². The fraction of sp³-hybridized carbons (Fsp3) is 0.429. The van der Waals surface area contributed by atoms with Gasteiger partial charge in [0, 0.05) is 31.5 Å². The second-order valence-corrected chi connectivity index (χ2v) is 8.32. The predicted molar refractivity (Wildman–Crippen MR) is 113 cm³/mol. The number of halogens is 1. The van der Waals surface area contributed by atoms with Crippen molar-refractivity contribution in [3.05, 3.63) is 39.4 Å². The number of imidazole rings is 1. The maximum atomic E-state index is 12.9. The van der Waals surface area contributed by atoms with Crippen LogP contribution in [0.4, 0.5) is 11.6 Å². The first-order valence-corrected chi connectivity index (χ1v) is 10.5. The SMILES string of the molecule is Cn1c(=O)n(C2CCC(C#N)CC2)c2nc(Nc3cc4c(cc3Cl)OCC4)ncc21. The zero-order chi connectivity index (χ0) is 20.8. The first-order valence-electron chi connectivity index (χ1n) is 10.1. The average molecular weight is 425 g/mol. The zero-order valence-corrected chi connectivity index (χ0v) is 17.3. The van der Waals surface area contributed by atoms with Crippen LogP contribution in [0.3, 0.4) is 0 Å². The number of hydrogen-bond acceptors (Lipinski definition) is 6. The minimum absolute atomic E-state index is 0.0364. The minimum atomic E-state index is -0.107. The number of aryl methyl sites for hydroxylation is 1. The van der Waals surface area contributed by atoms with E-state index in [9.17, 15) is 4.79 Å². The highest BCUT2D eigenvalue weighted by atomic mass is 35.5. The number of fused-ring (bicyclic) bond motifs is 2. The van der Waals surface area contributed by atoms with Crippen molar-refractivity contribution in [3.63, 3.8) is 0 Å². The van der Waals surface area contributed by atoms with Gasteiger partial charge in [-0.05, 0) is 37.3 Å². The molecule has 1 aliphatic carbocycles. The van der Waals surface area contributed by atoms with E-state index in [2.05, 4.69) is 21.4 Å². The number of nitrogens with zero attached hydrogens (tertiary/aromatic N) is 5. The molecule has 2 aromatic heterocycles. The van der Waals surface area contributed by atoms with Crippen LogP contribution in [0.1, 0.15) is 37.3 Å². The first-order chi connectivity index (χ1) is 14.5. The third kappa shape index (κ3) is 3.10. The molecule has 1 aliphatic heterocycles. The van der Waals surface area contributed by atoms with Crippen molar-refractivity contribution >= 4 is 34.4 Å². The Morgan fingerprint density at radius 1 is 1.30 bits per heavy atom. The van der Waals surface area contributed by atoms with Crippen LogP contribution in [0.25, 0.3) is 11.2 Å². The van der Waals surface area contributed by atoms with E-state index in [1.807, 2.05) is 6.07 Å². The van der Waals surface area contributed by atoms with Crippen LogP contribution in [0.15, 0.2) is 23.1 Å². The molecular formula is C21H21ClN6O2. The van der Waals surface area contributed by atoms with Crippen molar-refractivity contribution in [1.82, 2.24) is 19.1 Å². The number of nitriles is 1. The lowest BCUT2D eigenvalue weighted by molar-refractivity contribution is 0.311. The highest BCUT2D eigenvalue weighted by Crippen LogP contribution is 2.36. The van der Waals surface area contributed by atoms with Gasteiger partial charge >= 0.3 is 5.69 Å². The Labute approximate surface area is 178 Å². The van der Waals surface area contributed by atoms with Gasteiger partial charge in [0.25, 0.3) is 0 Å². The summed E-state index contributed by atoms with van der Waals surface area (Å²) in [5.74, 6) is 1.27. The highest BCUT2D eigenvalue weighted by Gasteiger charge is 2.27. The normalized spacial score (nSPS) is 20.6. The number of benzene rings is 1. The fourth-order valence-electron chi connectivity index (χ4n) is 4.40. The molecule has 3 aromatic rings. The maximum absolute atomic E-state index is 12.9. The third-order valence-electron chi connectivity index (χ3n) is 6.10. The van der Waals surface area contributed by atoms with Crippen molar-refractivity contribution in [2.45, 2.75) is 38.1 Å². The summed E-state index contributed by atoms with van der Waals surface area (Å²) in [6, 6.07) is 6.14. The molecule has 0 bridgehead atoms. The van der Waals surface area contributed by atoms with Gasteiger partial charge < -0.3 is 10.1 Å². The topological polar surface area (TPSA) is 97.8 Å². The molecule has 3 heterocycles. The summed E-state index contributed by atoms with van der Waals surface area (Å²) in [5, 5.41) is 12.9. The smallest absolute Gasteiger partial charge is 0.330 e. The summed E-state index contributed by atoms with van der Waals surface area (Å²) >= 11 is 6.40. The van der Waals surface area contributed by atoms with Gasteiger partial charge in [-0.3, -0.25) is 9.13 Å². The number of aromatic nitrogens is 4. The van der Waals surface area contributed by atoms with Crippen LogP contribution >= 0.6 is 11.6 Å². The standard InChI is InChI=1S/C21H21ClN6O2/c1-27-17-11-24-20(25-16-8-13-6-7-30-18(13)9-15(16)22)26-19(17)28(21(27)29)14-4-2-12(10-23)3-5-14/h8-9,11-12,14H,2-7H2,1H3,(H,24,25,26). The molecule has 30 heavy (non-hydrogen) atoms. The molecule has 8 nitrogen and oxygen atoms in total. The molecule has 1 aromatic carbocycles. The zero-order valence-electron chi connectivity index (χ0n) is 16.6. The van der Waals surface area contributed by atoms with Gasteiger partial charge in [0.2, 0.25) is 5.95 Å². The fourth-order valence-corrected chi connectivity index (χ4v) is 4.61. The molecule has 0 radical (unpaired) electrons. The van der Waals surface area contributed by atoms with E-state index < -0.39 is 0 Å². The maximum Gasteiger partial charge on any atom is 0.330 e.